The van der Waals surface area contributed by atoms with Crippen molar-refractivity contribution in [3.63, 3.8) is 0 Å². The summed E-state index contributed by atoms with van der Waals surface area (Å²) < 4.78 is 24.9. The van der Waals surface area contributed by atoms with Crippen molar-refractivity contribution in [2.75, 3.05) is 13.7 Å². The summed E-state index contributed by atoms with van der Waals surface area (Å²) in [5.74, 6) is 1.08. The average molecular weight is 591 g/mol. The molecule has 0 aliphatic carbocycles. The molecule has 8 nitrogen and oxygen atoms in total. The van der Waals surface area contributed by atoms with Gasteiger partial charge in [0, 0.05) is 11.0 Å². The minimum atomic E-state index is -0.768. The van der Waals surface area contributed by atoms with Gasteiger partial charge < -0.3 is 18.6 Å². The molecule has 2 aromatic carbocycles. The number of rotatable bonds is 9. The molecule has 0 saturated heterocycles. The third kappa shape index (κ3) is 6.03. The van der Waals surface area contributed by atoms with Crippen molar-refractivity contribution in [3.8, 4) is 11.5 Å². The number of esters is 1. The highest BCUT2D eigenvalue weighted by atomic mass is 32.2. The van der Waals surface area contributed by atoms with Crippen LogP contribution in [0.4, 0.5) is 0 Å². The molecule has 1 unspecified atom stereocenters. The van der Waals surface area contributed by atoms with Crippen molar-refractivity contribution in [2.45, 2.75) is 49.8 Å². The van der Waals surface area contributed by atoms with Crippen LogP contribution in [0.15, 0.2) is 96.1 Å². The normalized spacial score (nSPS) is 15.1. The number of hydrogen-bond acceptors (Lipinski definition) is 9. The van der Waals surface area contributed by atoms with E-state index >= 15 is 0 Å². The summed E-state index contributed by atoms with van der Waals surface area (Å²) in [6.45, 7) is 7.55. The molecule has 212 valence electrons. The first-order chi connectivity index (χ1) is 19.8. The molecule has 0 radical (unpaired) electrons. The Bertz CT molecular complexity index is 1780. The summed E-state index contributed by atoms with van der Waals surface area (Å²) in [4.78, 5) is 33.3. The Morgan fingerprint density at radius 3 is 2.63 bits per heavy atom. The van der Waals surface area contributed by atoms with E-state index in [0.29, 0.717) is 48.5 Å². The van der Waals surface area contributed by atoms with Crippen LogP contribution >= 0.6 is 23.1 Å². The maximum Gasteiger partial charge on any atom is 0.338 e. The highest BCUT2D eigenvalue weighted by Gasteiger charge is 2.34. The average Bonchev–Trinajstić information content (AvgIpc) is 3.51. The largest absolute Gasteiger partial charge is 0.493 e. The summed E-state index contributed by atoms with van der Waals surface area (Å²) in [5, 5.41) is 0.712. The van der Waals surface area contributed by atoms with Gasteiger partial charge in [-0.25, -0.2) is 9.79 Å². The molecule has 2 aromatic heterocycles. The topological polar surface area (TPSA) is 92.3 Å². The Kier molecular flexibility index (Phi) is 8.51. The molecule has 3 heterocycles. The van der Waals surface area contributed by atoms with Crippen molar-refractivity contribution in [3.05, 3.63) is 103 Å². The van der Waals surface area contributed by atoms with Gasteiger partial charge in [0.25, 0.3) is 5.56 Å². The molecule has 5 rings (SSSR count). The summed E-state index contributed by atoms with van der Waals surface area (Å²) in [6, 6.07) is 18.3. The minimum Gasteiger partial charge on any atom is -0.493 e. The summed E-state index contributed by atoms with van der Waals surface area (Å²) in [7, 11) is 1.55. The van der Waals surface area contributed by atoms with Gasteiger partial charge in [0.1, 0.15) is 5.76 Å². The van der Waals surface area contributed by atoms with Gasteiger partial charge in [-0.3, -0.25) is 9.36 Å². The molecule has 0 fully saturated rings. The lowest BCUT2D eigenvalue weighted by molar-refractivity contribution is -0.139. The minimum absolute atomic E-state index is 0.0575. The molecule has 0 spiro atoms. The standard InChI is InChI=1S/C31H30N2O6S2/c1-6-37-30(35)27-19(4)32-31-33(28(27)20-12-14-23(38-18(2)3)24(16-20)36-5)29(34)25(41-31)17-21-13-15-26(39-21)40-22-10-8-7-9-11-22/h7-18,28H,6H2,1-5H3. The van der Waals surface area contributed by atoms with E-state index in [9.17, 15) is 9.59 Å². The van der Waals surface area contributed by atoms with Crippen LogP contribution in [0, 0.1) is 0 Å². The summed E-state index contributed by atoms with van der Waals surface area (Å²) in [5.41, 5.74) is 1.16. The molecular weight excluding hydrogens is 560 g/mol. The number of carbonyl (C=O) groups is 1. The summed E-state index contributed by atoms with van der Waals surface area (Å²) >= 11 is 2.74. The molecule has 0 saturated carbocycles. The highest BCUT2D eigenvalue weighted by molar-refractivity contribution is 7.99. The van der Waals surface area contributed by atoms with Gasteiger partial charge in [0.15, 0.2) is 21.4 Å². The number of methoxy groups -OCH3 is 1. The molecule has 0 bridgehead atoms. The van der Waals surface area contributed by atoms with Crippen LogP contribution in [0.1, 0.15) is 45.1 Å². The zero-order valence-corrected chi connectivity index (χ0v) is 25.0. The number of aromatic nitrogens is 1. The summed E-state index contributed by atoms with van der Waals surface area (Å²) in [6.07, 6.45) is 1.65. The lowest BCUT2D eigenvalue weighted by atomic mass is 9.95. The van der Waals surface area contributed by atoms with E-state index < -0.39 is 12.0 Å². The van der Waals surface area contributed by atoms with Crippen LogP contribution < -0.4 is 24.4 Å². The third-order valence-corrected chi connectivity index (χ3v) is 8.13. The molecule has 0 N–H and O–H groups in total. The van der Waals surface area contributed by atoms with E-state index in [2.05, 4.69) is 4.99 Å². The van der Waals surface area contributed by atoms with Crippen molar-refractivity contribution < 1.29 is 23.4 Å². The Hall–Kier alpha value is -4.02. The fraction of sp³-hybridized carbons (Fsp3) is 0.258. The first kappa shape index (κ1) is 28.5. The van der Waals surface area contributed by atoms with Crippen molar-refractivity contribution in [2.24, 2.45) is 4.99 Å². The molecule has 41 heavy (non-hydrogen) atoms. The van der Waals surface area contributed by atoms with Gasteiger partial charge >= 0.3 is 5.97 Å². The number of carbonyl (C=O) groups excluding carboxylic acids is 1. The van der Waals surface area contributed by atoms with Crippen molar-refractivity contribution >= 4 is 35.1 Å². The smallest absolute Gasteiger partial charge is 0.338 e. The lowest BCUT2D eigenvalue weighted by Gasteiger charge is -2.25. The van der Waals surface area contributed by atoms with Gasteiger partial charge in [0.05, 0.1) is 41.7 Å². The van der Waals surface area contributed by atoms with E-state index in [0.717, 1.165) is 4.90 Å². The van der Waals surface area contributed by atoms with Crippen LogP contribution in [-0.4, -0.2) is 30.4 Å². The van der Waals surface area contributed by atoms with Gasteiger partial charge in [-0.15, -0.1) is 0 Å². The number of fused-ring (bicyclic) bond motifs is 1. The van der Waals surface area contributed by atoms with Crippen molar-refractivity contribution in [1.82, 2.24) is 4.57 Å². The molecule has 4 aromatic rings. The molecule has 1 atom stereocenters. The Balaban J connectivity index is 1.60. The van der Waals surface area contributed by atoms with Crippen LogP contribution in [0.2, 0.25) is 0 Å². The lowest BCUT2D eigenvalue weighted by Crippen LogP contribution is -2.40. The second-order valence-electron chi connectivity index (χ2n) is 9.45. The number of nitrogens with zero attached hydrogens (tertiary/aromatic N) is 2. The van der Waals surface area contributed by atoms with E-state index in [1.54, 1.807) is 39.2 Å². The van der Waals surface area contributed by atoms with Gasteiger partial charge in [-0.05, 0) is 69.7 Å². The number of hydrogen-bond donors (Lipinski definition) is 0. The zero-order valence-electron chi connectivity index (χ0n) is 23.4. The fourth-order valence-electron chi connectivity index (χ4n) is 4.51. The Labute approximate surface area is 245 Å². The number of allylic oxidation sites excluding steroid dienone is 1. The Morgan fingerprint density at radius 2 is 1.93 bits per heavy atom. The number of furan rings is 1. The fourth-order valence-corrected chi connectivity index (χ4v) is 6.34. The Morgan fingerprint density at radius 1 is 1.15 bits per heavy atom. The van der Waals surface area contributed by atoms with Gasteiger partial charge in [-0.2, -0.15) is 0 Å². The second-order valence-corrected chi connectivity index (χ2v) is 11.5. The first-order valence-corrected chi connectivity index (χ1v) is 14.8. The van der Waals surface area contributed by atoms with Gasteiger partial charge in [0.2, 0.25) is 0 Å². The van der Waals surface area contributed by atoms with E-state index in [1.165, 1.54) is 27.7 Å². The SMILES string of the molecule is CCOC(=O)C1=C(C)N=c2sc(=Cc3ccc(Sc4ccccc4)o3)c(=O)n2C1c1ccc(OC(C)C)c(OC)c1. The molecule has 0 amide bonds. The number of benzene rings is 2. The van der Waals surface area contributed by atoms with E-state index in [-0.39, 0.29) is 18.3 Å². The van der Waals surface area contributed by atoms with Crippen LogP contribution in [0.25, 0.3) is 6.08 Å². The molecule has 1 aliphatic rings. The van der Waals surface area contributed by atoms with Gasteiger partial charge in [-0.1, -0.05) is 47.4 Å². The number of thiazole rings is 1. The van der Waals surface area contributed by atoms with E-state index in [4.69, 9.17) is 18.6 Å². The zero-order chi connectivity index (χ0) is 29.1. The quantitative estimate of drug-likeness (QED) is 0.243. The molecular formula is C31H30N2O6S2. The number of ether oxygens (including phenoxy) is 3. The highest BCUT2D eigenvalue weighted by Crippen LogP contribution is 2.36. The van der Waals surface area contributed by atoms with E-state index in [1.807, 2.05) is 62.4 Å². The first-order valence-electron chi connectivity index (χ1n) is 13.2. The second kappa shape index (κ2) is 12.2. The third-order valence-electron chi connectivity index (χ3n) is 6.22. The molecule has 10 heteroatoms. The molecule has 1 aliphatic heterocycles. The predicted octanol–water partition coefficient (Wildman–Crippen LogP) is 5.34. The predicted molar refractivity (Wildman–Crippen MR) is 158 cm³/mol. The maximum absolute atomic E-state index is 13.9. The van der Waals surface area contributed by atoms with Crippen molar-refractivity contribution in [1.29, 1.82) is 0 Å². The van der Waals surface area contributed by atoms with Crippen LogP contribution in [0.5, 0.6) is 11.5 Å². The maximum atomic E-state index is 13.9. The van der Waals surface area contributed by atoms with Crippen LogP contribution in [0.3, 0.4) is 0 Å². The van der Waals surface area contributed by atoms with Crippen LogP contribution in [-0.2, 0) is 9.53 Å². The monoisotopic (exact) mass is 590 g/mol.